The Balaban J connectivity index is 1.67. The first kappa shape index (κ1) is 20.4. The number of amides is 1. The molecule has 0 saturated carbocycles. The number of ether oxygens (including phenoxy) is 2. The van der Waals surface area contributed by atoms with Crippen LogP contribution in [0.25, 0.3) is 0 Å². The van der Waals surface area contributed by atoms with E-state index in [1.807, 2.05) is 55.5 Å². The van der Waals surface area contributed by atoms with Crippen molar-refractivity contribution in [2.75, 3.05) is 6.61 Å². The number of hydrazone groups is 1. The summed E-state index contributed by atoms with van der Waals surface area (Å²) >= 11 is 6.18. The molecule has 0 bridgehead atoms. The van der Waals surface area contributed by atoms with Crippen molar-refractivity contribution < 1.29 is 14.3 Å². The Kier molecular flexibility index (Phi) is 7.25. The molecule has 6 heteroatoms. The van der Waals surface area contributed by atoms with Gasteiger partial charge in [0.1, 0.15) is 6.61 Å². The quantitative estimate of drug-likeness (QED) is 0.417. The van der Waals surface area contributed by atoms with Gasteiger partial charge in [-0.15, -0.1) is 0 Å². The fourth-order valence-corrected chi connectivity index (χ4v) is 2.77. The van der Waals surface area contributed by atoms with Crippen molar-refractivity contribution in [1.29, 1.82) is 0 Å². The molecule has 0 atom stereocenters. The summed E-state index contributed by atoms with van der Waals surface area (Å²) in [4.78, 5) is 12.0. The monoisotopic (exact) mass is 408 g/mol. The summed E-state index contributed by atoms with van der Waals surface area (Å²) in [6, 6.07) is 21.9. The van der Waals surface area contributed by atoms with Crippen LogP contribution in [-0.2, 0) is 6.61 Å². The number of nitrogens with one attached hydrogen (secondary N) is 1. The second-order valence-electron chi connectivity index (χ2n) is 6.08. The van der Waals surface area contributed by atoms with Gasteiger partial charge >= 0.3 is 0 Å². The van der Waals surface area contributed by atoms with E-state index in [0.29, 0.717) is 35.3 Å². The van der Waals surface area contributed by atoms with Gasteiger partial charge in [-0.2, -0.15) is 5.10 Å². The highest BCUT2D eigenvalue weighted by Crippen LogP contribution is 2.29. The van der Waals surface area contributed by atoms with E-state index in [1.54, 1.807) is 30.5 Å². The molecule has 0 aliphatic rings. The van der Waals surface area contributed by atoms with Crippen molar-refractivity contribution in [2.45, 2.75) is 13.5 Å². The van der Waals surface area contributed by atoms with E-state index < -0.39 is 0 Å². The SMILES string of the molecule is CCOc1cc(/C=N\NC(=O)c2ccccc2)ccc1OCc1ccccc1Cl. The molecule has 1 N–H and O–H groups in total. The molecule has 0 aromatic heterocycles. The lowest BCUT2D eigenvalue weighted by Crippen LogP contribution is -2.17. The minimum atomic E-state index is -0.272. The van der Waals surface area contributed by atoms with Crippen molar-refractivity contribution in [1.82, 2.24) is 5.43 Å². The highest BCUT2D eigenvalue weighted by molar-refractivity contribution is 6.31. The van der Waals surface area contributed by atoms with Gasteiger partial charge in [-0.05, 0) is 48.9 Å². The van der Waals surface area contributed by atoms with E-state index in [9.17, 15) is 4.79 Å². The third kappa shape index (κ3) is 5.83. The molecular formula is C23H21ClN2O3. The maximum absolute atomic E-state index is 12.0. The van der Waals surface area contributed by atoms with Crippen LogP contribution in [0.3, 0.4) is 0 Å². The van der Waals surface area contributed by atoms with E-state index in [4.69, 9.17) is 21.1 Å². The van der Waals surface area contributed by atoms with Gasteiger partial charge in [0.05, 0.1) is 12.8 Å². The number of hydrogen-bond donors (Lipinski definition) is 1. The molecule has 0 saturated heterocycles. The topological polar surface area (TPSA) is 59.9 Å². The molecule has 0 radical (unpaired) electrons. The molecule has 0 aliphatic heterocycles. The number of carbonyl (C=O) groups excluding carboxylic acids is 1. The normalized spacial score (nSPS) is 10.7. The van der Waals surface area contributed by atoms with E-state index in [2.05, 4.69) is 10.5 Å². The number of benzene rings is 3. The highest BCUT2D eigenvalue weighted by Gasteiger charge is 2.08. The largest absolute Gasteiger partial charge is 0.490 e. The first-order valence-corrected chi connectivity index (χ1v) is 9.56. The Morgan fingerprint density at radius 3 is 2.52 bits per heavy atom. The smallest absolute Gasteiger partial charge is 0.271 e. The summed E-state index contributed by atoms with van der Waals surface area (Å²) in [5.41, 5.74) is 4.72. The lowest BCUT2D eigenvalue weighted by atomic mass is 10.2. The van der Waals surface area contributed by atoms with Crippen LogP contribution in [-0.4, -0.2) is 18.7 Å². The van der Waals surface area contributed by atoms with Crippen molar-refractivity contribution in [3.05, 3.63) is 94.5 Å². The second-order valence-corrected chi connectivity index (χ2v) is 6.49. The second kappa shape index (κ2) is 10.3. The Labute approximate surface area is 174 Å². The number of rotatable bonds is 8. The summed E-state index contributed by atoms with van der Waals surface area (Å²) < 4.78 is 11.6. The Morgan fingerprint density at radius 2 is 1.76 bits per heavy atom. The number of nitrogens with zero attached hydrogens (tertiary/aromatic N) is 1. The molecule has 0 unspecified atom stereocenters. The molecule has 0 aliphatic carbocycles. The highest BCUT2D eigenvalue weighted by atomic mass is 35.5. The van der Waals surface area contributed by atoms with Crippen molar-refractivity contribution in [3.63, 3.8) is 0 Å². The van der Waals surface area contributed by atoms with Crippen LogP contribution in [0.1, 0.15) is 28.4 Å². The summed E-state index contributed by atoms with van der Waals surface area (Å²) in [5, 5.41) is 4.67. The van der Waals surface area contributed by atoms with Crippen LogP contribution >= 0.6 is 11.6 Å². The number of halogens is 1. The third-order valence-electron chi connectivity index (χ3n) is 4.02. The van der Waals surface area contributed by atoms with Crippen LogP contribution in [0, 0.1) is 0 Å². The van der Waals surface area contributed by atoms with Gasteiger partial charge < -0.3 is 9.47 Å². The van der Waals surface area contributed by atoms with Crippen LogP contribution < -0.4 is 14.9 Å². The molecule has 5 nitrogen and oxygen atoms in total. The minimum absolute atomic E-state index is 0.272. The van der Waals surface area contributed by atoms with Gasteiger partial charge in [0.15, 0.2) is 11.5 Å². The molecule has 3 aromatic carbocycles. The van der Waals surface area contributed by atoms with Crippen molar-refractivity contribution in [2.24, 2.45) is 5.10 Å². The Morgan fingerprint density at radius 1 is 1.00 bits per heavy atom. The first-order chi connectivity index (χ1) is 14.2. The van der Waals surface area contributed by atoms with Gasteiger partial charge in [-0.3, -0.25) is 4.79 Å². The number of hydrogen-bond acceptors (Lipinski definition) is 4. The van der Waals surface area contributed by atoms with E-state index in [-0.39, 0.29) is 5.91 Å². The van der Waals surface area contributed by atoms with Gasteiger partial charge in [0.2, 0.25) is 0 Å². The first-order valence-electron chi connectivity index (χ1n) is 9.19. The predicted octanol–water partition coefficient (Wildman–Crippen LogP) is 5.08. The van der Waals surface area contributed by atoms with Gasteiger partial charge in [0.25, 0.3) is 5.91 Å². The van der Waals surface area contributed by atoms with Crippen molar-refractivity contribution >= 4 is 23.7 Å². The van der Waals surface area contributed by atoms with Crippen LogP contribution in [0.4, 0.5) is 0 Å². The van der Waals surface area contributed by atoms with Crippen LogP contribution in [0.2, 0.25) is 5.02 Å². The molecule has 3 rings (SSSR count). The van der Waals surface area contributed by atoms with Crippen LogP contribution in [0.5, 0.6) is 11.5 Å². The molecule has 3 aromatic rings. The van der Waals surface area contributed by atoms with Crippen LogP contribution in [0.15, 0.2) is 77.9 Å². The summed E-state index contributed by atoms with van der Waals surface area (Å²) in [6.07, 6.45) is 1.56. The Hall–Kier alpha value is -3.31. The third-order valence-corrected chi connectivity index (χ3v) is 4.39. The standard InChI is InChI=1S/C23H21ClN2O3/c1-2-28-22-14-17(15-25-26-23(27)18-8-4-3-5-9-18)12-13-21(22)29-16-19-10-6-7-11-20(19)24/h3-15H,2,16H2,1H3,(H,26,27)/b25-15-. The molecule has 0 fully saturated rings. The van der Waals surface area contributed by atoms with Gasteiger partial charge in [-0.1, -0.05) is 48.0 Å². The summed E-state index contributed by atoms with van der Waals surface area (Å²) in [5.74, 6) is 0.932. The number of carbonyl (C=O) groups is 1. The zero-order valence-corrected chi connectivity index (χ0v) is 16.7. The fraction of sp³-hybridized carbons (Fsp3) is 0.130. The van der Waals surface area contributed by atoms with Crippen molar-refractivity contribution in [3.8, 4) is 11.5 Å². The maximum atomic E-state index is 12.0. The molecular weight excluding hydrogens is 388 g/mol. The average molecular weight is 409 g/mol. The van der Waals surface area contributed by atoms with E-state index in [0.717, 1.165) is 11.1 Å². The minimum Gasteiger partial charge on any atom is -0.490 e. The molecule has 148 valence electrons. The van der Waals surface area contributed by atoms with Gasteiger partial charge in [-0.25, -0.2) is 5.43 Å². The zero-order chi connectivity index (χ0) is 20.5. The zero-order valence-electron chi connectivity index (χ0n) is 16.0. The van der Waals surface area contributed by atoms with E-state index in [1.165, 1.54) is 0 Å². The maximum Gasteiger partial charge on any atom is 0.271 e. The lowest BCUT2D eigenvalue weighted by Gasteiger charge is -2.13. The molecule has 0 spiro atoms. The molecule has 1 amide bonds. The van der Waals surface area contributed by atoms with E-state index >= 15 is 0 Å². The molecule has 0 heterocycles. The summed E-state index contributed by atoms with van der Waals surface area (Å²) in [6.45, 7) is 2.73. The lowest BCUT2D eigenvalue weighted by molar-refractivity contribution is 0.0955. The summed E-state index contributed by atoms with van der Waals surface area (Å²) in [7, 11) is 0. The fourth-order valence-electron chi connectivity index (χ4n) is 2.58. The Bertz CT molecular complexity index is 990. The molecule has 29 heavy (non-hydrogen) atoms. The average Bonchev–Trinajstić information content (AvgIpc) is 2.75. The predicted molar refractivity (Wildman–Crippen MR) is 115 cm³/mol. The van der Waals surface area contributed by atoms with Gasteiger partial charge in [0, 0.05) is 16.1 Å².